The van der Waals surface area contributed by atoms with E-state index in [1.54, 1.807) is 0 Å². The first-order valence-corrected chi connectivity index (χ1v) is 6.96. The first-order chi connectivity index (χ1) is 7.02. The van der Waals surface area contributed by atoms with E-state index in [0.29, 0.717) is 6.42 Å². The summed E-state index contributed by atoms with van der Waals surface area (Å²) >= 11 is 3.44. The second-order valence-corrected chi connectivity index (χ2v) is 5.45. The maximum Gasteiger partial charge on any atom is 0.220 e. The molecule has 15 heavy (non-hydrogen) atoms. The summed E-state index contributed by atoms with van der Waals surface area (Å²) in [6.07, 6.45) is 5.33. The highest BCUT2D eigenvalue weighted by atomic mass is 79.9. The number of unbranched alkanes of at least 4 members (excludes halogenated alkanes) is 3. The number of hydrogen-bond acceptors (Lipinski definition) is 1. The van der Waals surface area contributed by atoms with E-state index in [1.165, 1.54) is 19.3 Å². The summed E-state index contributed by atoms with van der Waals surface area (Å²) in [7, 11) is 0. The van der Waals surface area contributed by atoms with Gasteiger partial charge in [0.1, 0.15) is 0 Å². The molecule has 2 nitrogen and oxygen atoms in total. The third-order valence-corrected chi connectivity index (χ3v) is 3.90. The van der Waals surface area contributed by atoms with E-state index in [4.69, 9.17) is 0 Å². The zero-order valence-corrected chi connectivity index (χ0v) is 11.8. The molecule has 1 N–H and O–H groups in total. The summed E-state index contributed by atoms with van der Waals surface area (Å²) in [6, 6.07) is 0. The number of hydrogen-bond donors (Lipinski definition) is 1. The van der Waals surface area contributed by atoms with E-state index < -0.39 is 0 Å². The van der Waals surface area contributed by atoms with Crippen molar-refractivity contribution < 1.29 is 4.79 Å². The molecule has 90 valence electrons. The van der Waals surface area contributed by atoms with Crippen molar-refractivity contribution in [3.63, 3.8) is 0 Å². The summed E-state index contributed by atoms with van der Waals surface area (Å²) in [5, 5.41) is 3.89. The highest BCUT2D eigenvalue weighted by Crippen LogP contribution is 2.16. The van der Waals surface area contributed by atoms with Gasteiger partial charge in [0.25, 0.3) is 0 Å². The predicted molar refractivity (Wildman–Crippen MR) is 69.3 cm³/mol. The summed E-state index contributed by atoms with van der Waals surface area (Å²) in [6.45, 7) is 7.21. The lowest BCUT2D eigenvalue weighted by atomic mass is 9.97. The van der Waals surface area contributed by atoms with Crippen LogP contribution in [0, 0.1) is 5.41 Å². The molecule has 0 spiro atoms. The molecule has 0 rings (SSSR count). The Morgan fingerprint density at radius 2 is 1.93 bits per heavy atom. The fourth-order valence-corrected chi connectivity index (χ4v) is 1.38. The normalized spacial score (nSPS) is 11.5. The number of halogens is 1. The average molecular weight is 278 g/mol. The topological polar surface area (TPSA) is 29.1 Å². The molecular formula is C12H24BrNO. The van der Waals surface area contributed by atoms with E-state index >= 15 is 0 Å². The molecule has 3 heteroatoms. The van der Waals surface area contributed by atoms with Crippen LogP contribution in [0.5, 0.6) is 0 Å². The molecule has 0 saturated carbocycles. The molecule has 0 fully saturated rings. The minimum absolute atomic E-state index is 0.152. The van der Waals surface area contributed by atoms with Crippen LogP contribution in [-0.4, -0.2) is 17.8 Å². The van der Waals surface area contributed by atoms with Crippen LogP contribution in [0.4, 0.5) is 0 Å². The molecular weight excluding hydrogens is 254 g/mol. The largest absolute Gasteiger partial charge is 0.356 e. The van der Waals surface area contributed by atoms with Gasteiger partial charge in [-0.2, -0.15) is 0 Å². The van der Waals surface area contributed by atoms with Crippen molar-refractivity contribution in [2.75, 3.05) is 11.9 Å². The number of carbonyl (C=O) groups is 1. The number of rotatable bonds is 8. The van der Waals surface area contributed by atoms with Gasteiger partial charge in [0.2, 0.25) is 5.91 Å². The molecule has 0 aromatic carbocycles. The van der Waals surface area contributed by atoms with Gasteiger partial charge < -0.3 is 5.32 Å². The molecule has 1 amide bonds. The van der Waals surface area contributed by atoms with Gasteiger partial charge in [-0.05, 0) is 11.8 Å². The fourth-order valence-electron chi connectivity index (χ4n) is 1.19. The Morgan fingerprint density at radius 3 is 2.47 bits per heavy atom. The SMILES string of the molecule is CCCCCCC(=O)NCC(C)(C)CBr. The molecule has 0 saturated heterocycles. The fraction of sp³-hybridized carbons (Fsp3) is 0.917. The van der Waals surface area contributed by atoms with Gasteiger partial charge >= 0.3 is 0 Å². The van der Waals surface area contributed by atoms with Gasteiger partial charge in [-0.25, -0.2) is 0 Å². The van der Waals surface area contributed by atoms with Crippen molar-refractivity contribution >= 4 is 21.8 Å². The van der Waals surface area contributed by atoms with Crippen molar-refractivity contribution in [2.45, 2.75) is 52.9 Å². The Morgan fingerprint density at radius 1 is 1.27 bits per heavy atom. The van der Waals surface area contributed by atoms with Crippen LogP contribution in [0.25, 0.3) is 0 Å². The standard InChI is InChI=1S/C12H24BrNO/c1-4-5-6-7-8-11(15)14-10-12(2,3)9-13/h4-10H2,1-3H3,(H,14,15). The highest BCUT2D eigenvalue weighted by molar-refractivity contribution is 9.09. The molecule has 0 unspecified atom stereocenters. The summed E-state index contributed by atoms with van der Waals surface area (Å²) in [5.74, 6) is 0.195. The number of alkyl halides is 1. The molecule has 0 aromatic rings. The summed E-state index contributed by atoms with van der Waals surface area (Å²) in [4.78, 5) is 11.4. The van der Waals surface area contributed by atoms with Crippen molar-refractivity contribution in [3.05, 3.63) is 0 Å². The van der Waals surface area contributed by atoms with Crippen molar-refractivity contribution in [1.82, 2.24) is 5.32 Å². The van der Waals surface area contributed by atoms with Gasteiger partial charge in [0, 0.05) is 18.3 Å². The van der Waals surface area contributed by atoms with Crippen molar-refractivity contribution in [3.8, 4) is 0 Å². The lowest BCUT2D eigenvalue weighted by molar-refractivity contribution is -0.121. The Hall–Kier alpha value is -0.0500. The zero-order chi connectivity index (χ0) is 11.7. The van der Waals surface area contributed by atoms with Gasteiger partial charge in [-0.3, -0.25) is 4.79 Å². The van der Waals surface area contributed by atoms with Gasteiger partial charge in [-0.1, -0.05) is 56.0 Å². The number of nitrogens with one attached hydrogen (secondary N) is 1. The van der Waals surface area contributed by atoms with Gasteiger partial charge in [0.15, 0.2) is 0 Å². The third-order valence-electron chi connectivity index (χ3n) is 2.38. The Kier molecular flexibility index (Phi) is 8.12. The van der Waals surface area contributed by atoms with E-state index in [2.05, 4.69) is 42.0 Å². The highest BCUT2D eigenvalue weighted by Gasteiger charge is 2.16. The monoisotopic (exact) mass is 277 g/mol. The van der Waals surface area contributed by atoms with Crippen molar-refractivity contribution in [2.24, 2.45) is 5.41 Å². The lowest BCUT2D eigenvalue weighted by Gasteiger charge is -2.21. The Labute approximate surface area is 102 Å². The van der Waals surface area contributed by atoms with Crippen LogP contribution in [-0.2, 0) is 4.79 Å². The summed E-state index contributed by atoms with van der Waals surface area (Å²) < 4.78 is 0. The van der Waals surface area contributed by atoms with Crippen LogP contribution in [0.1, 0.15) is 52.9 Å². The Bertz CT molecular complexity index is 180. The maximum atomic E-state index is 11.4. The first kappa shape index (κ1) is 14.9. The Balaban J connectivity index is 3.49. The molecule has 0 aliphatic rings. The maximum absolute atomic E-state index is 11.4. The van der Waals surface area contributed by atoms with Crippen LogP contribution >= 0.6 is 15.9 Å². The zero-order valence-electron chi connectivity index (χ0n) is 10.2. The van der Waals surface area contributed by atoms with Crippen LogP contribution in [0.3, 0.4) is 0 Å². The molecule has 0 radical (unpaired) electrons. The lowest BCUT2D eigenvalue weighted by Crippen LogP contribution is -2.34. The number of carbonyl (C=O) groups excluding carboxylic acids is 1. The van der Waals surface area contributed by atoms with E-state index in [1.807, 2.05) is 0 Å². The van der Waals surface area contributed by atoms with Gasteiger partial charge in [-0.15, -0.1) is 0 Å². The van der Waals surface area contributed by atoms with Crippen LogP contribution in [0.15, 0.2) is 0 Å². The van der Waals surface area contributed by atoms with E-state index in [0.717, 1.165) is 18.3 Å². The molecule has 0 atom stereocenters. The number of amides is 1. The van der Waals surface area contributed by atoms with Crippen LogP contribution in [0.2, 0.25) is 0 Å². The second kappa shape index (κ2) is 8.14. The average Bonchev–Trinajstić information content (AvgIpc) is 2.22. The smallest absolute Gasteiger partial charge is 0.220 e. The molecule has 0 heterocycles. The molecule has 0 aliphatic heterocycles. The molecule has 0 bridgehead atoms. The molecule has 0 aliphatic carbocycles. The second-order valence-electron chi connectivity index (χ2n) is 4.89. The van der Waals surface area contributed by atoms with Crippen molar-refractivity contribution in [1.29, 1.82) is 0 Å². The molecule has 0 aromatic heterocycles. The van der Waals surface area contributed by atoms with Crippen LogP contribution < -0.4 is 5.32 Å². The minimum Gasteiger partial charge on any atom is -0.356 e. The quantitative estimate of drug-likeness (QED) is 0.534. The predicted octanol–water partition coefficient (Wildman–Crippen LogP) is 3.49. The minimum atomic E-state index is 0.152. The third kappa shape index (κ3) is 8.91. The van der Waals surface area contributed by atoms with E-state index in [9.17, 15) is 4.79 Å². The summed E-state index contributed by atoms with van der Waals surface area (Å²) in [5.41, 5.74) is 0.152. The van der Waals surface area contributed by atoms with E-state index in [-0.39, 0.29) is 11.3 Å². The van der Waals surface area contributed by atoms with Gasteiger partial charge in [0.05, 0.1) is 0 Å². The first-order valence-electron chi connectivity index (χ1n) is 5.84.